The molecule has 3 heterocycles. The van der Waals surface area contributed by atoms with Gasteiger partial charge in [0.05, 0.1) is 5.69 Å². The van der Waals surface area contributed by atoms with Crippen LogP contribution in [0.4, 0.5) is 11.5 Å². The van der Waals surface area contributed by atoms with Crippen LogP contribution in [0.1, 0.15) is 36.2 Å². The fourth-order valence-electron chi connectivity index (χ4n) is 4.02. The number of pyridine rings is 2. The van der Waals surface area contributed by atoms with E-state index in [-0.39, 0.29) is 0 Å². The Bertz CT molecular complexity index is 1160. The minimum Gasteiger partial charge on any atom is -0.354 e. The zero-order valence-corrected chi connectivity index (χ0v) is 21.3. The van der Waals surface area contributed by atoms with Gasteiger partial charge in [-0.25, -0.2) is 4.98 Å². The number of benzene rings is 1. The molecule has 1 saturated heterocycles. The highest BCUT2D eigenvalue weighted by molar-refractivity contribution is 5.82. The largest absolute Gasteiger partial charge is 0.354 e. The topological polar surface area (TPSA) is 57.0 Å². The SMILES string of the molecule is C=C(c1ccc(N=NC)c(C)c1)c1cc(-c2ccnc(N3CCN(C)CC3)c2)cnc1C.CC. The van der Waals surface area contributed by atoms with Crippen LogP contribution in [-0.2, 0) is 0 Å². The van der Waals surface area contributed by atoms with Crippen molar-refractivity contribution in [2.45, 2.75) is 27.7 Å². The summed E-state index contributed by atoms with van der Waals surface area (Å²) in [6.07, 6.45) is 3.83. The summed E-state index contributed by atoms with van der Waals surface area (Å²) in [6.45, 7) is 16.6. The number of hydrogen-bond acceptors (Lipinski definition) is 6. The third-order valence-corrected chi connectivity index (χ3v) is 6.07. The molecule has 0 N–H and O–H groups in total. The van der Waals surface area contributed by atoms with Crippen LogP contribution in [0.2, 0.25) is 0 Å². The first kappa shape index (κ1) is 25.2. The van der Waals surface area contributed by atoms with E-state index >= 15 is 0 Å². The highest BCUT2D eigenvalue weighted by Gasteiger charge is 2.16. The number of anilines is 1. The lowest BCUT2D eigenvalue weighted by atomic mass is 9.94. The smallest absolute Gasteiger partial charge is 0.129 e. The summed E-state index contributed by atoms with van der Waals surface area (Å²) in [6, 6.07) is 12.5. The predicted molar refractivity (Wildman–Crippen MR) is 143 cm³/mol. The first-order chi connectivity index (χ1) is 16.5. The van der Waals surface area contributed by atoms with Crippen LogP contribution < -0.4 is 4.90 Å². The maximum Gasteiger partial charge on any atom is 0.129 e. The summed E-state index contributed by atoms with van der Waals surface area (Å²) in [5.74, 6) is 1.02. The maximum absolute atomic E-state index is 4.69. The van der Waals surface area contributed by atoms with Gasteiger partial charge < -0.3 is 9.80 Å². The van der Waals surface area contributed by atoms with E-state index in [4.69, 9.17) is 0 Å². The number of nitrogens with zero attached hydrogens (tertiary/aromatic N) is 6. The van der Waals surface area contributed by atoms with Gasteiger partial charge in [0.2, 0.25) is 0 Å². The zero-order chi connectivity index (χ0) is 24.7. The number of rotatable bonds is 5. The Morgan fingerprint density at radius 2 is 1.68 bits per heavy atom. The van der Waals surface area contributed by atoms with Crippen LogP contribution in [-0.4, -0.2) is 55.1 Å². The second kappa shape index (κ2) is 11.7. The van der Waals surface area contributed by atoms with E-state index in [0.717, 1.165) is 76.8 Å². The van der Waals surface area contributed by atoms with Crippen molar-refractivity contribution < 1.29 is 0 Å². The fourth-order valence-corrected chi connectivity index (χ4v) is 4.02. The zero-order valence-electron chi connectivity index (χ0n) is 21.3. The molecule has 178 valence electrons. The molecule has 1 fully saturated rings. The summed E-state index contributed by atoms with van der Waals surface area (Å²) in [5.41, 5.74) is 8.15. The molecular weight excluding hydrogens is 420 g/mol. The Balaban J connectivity index is 0.00000158. The molecule has 1 aliphatic rings. The molecular formula is C28H36N6. The van der Waals surface area contributed by atoms with Crippen LogP contribution in [0.3, 0.4) is 0 Å². The lowest BCUT2D eigenvalue weighted by Crippen LogP contribution is -2.44. The number of aromatic nitrogens is 2. The molecule has 0 unspecified atom stereocenters. The van der Waals surface area contributed by atoms with E-state index < -0.39 is 0 Å². The highest BCUT2D eigenvalue weighted by atomic mass is 15.3. The Morgan fingerprint density at radius 3 is 2.35 bits per heavy atom. The number of aryl methyl sites for hydroxylation is 2. The van der Waals surface area contributed by atoms with Gasteiger partial charge in [0.25, 0.3) is 0 Å². The van der Waals surface area contributed by atoms with Gasteiger partial charge in [-0.1, -0.05) is 26.5 Å². The first-order valence-corrected chi connectivity index (χ1v) is 11.9. The summed E-state index contributed by atoms with van der Waals surface area (Å²) in [5, 5.41) is 8.06. The molecule has 0 amide bonds. The molecule has 34 heavy (non-hydrogen) atoms. The van der Waals surface area contributed by atoms with E-state index in [9.17, 15) is 0 Å². The Labute approximate surface area is 204 Å². The van der Waals surface area contributed by atoms with Gasteiger partial charge in [-0.3, -0.25) is 4.98 Å². The van der Waals surface area contributed by atoms with E-state index in [1.54, 1.807) is 7.05 Å². The predicted octanol–water partition coefficient (Wildman–Crippen LogP) is 6.31. The van der Waals surface area contributed by atoms with Gasteiger partial charge in [0.15, 0.2) is 0 Å². The second-order valence-corrected chi connectivity index (χ2v) is 8.33. The third-order valence-electron chi connectivity index (χ3n) is 6.07. The van der Waals surface area contributed by atoms with Gasteiger partial charge >= 0.3 is 0 Å². The molecule has 0 bridgehead atoms. The first-order valence-electron chi connectivity index (χ1n) is 11.9. The van der Waals surface area contributed by atoms with Crippen molar-refractivity contribution in [2.24, 2.45) is 10.2 Å². The Kier molecular flexibility index (Phi) is 8.66. The van der Waals surface area contributed by atoms with Crippen molar-refractivity contribution in [3.8, 4) is 11.1 Å². The van der Waals surface area contributed by atoms with Crippen molar-refractivity contribution in [3.63, 3.8) is 0 Å². The standard InChI is InChI=1S/C26H30N6.C2H6/c1-18-14-21(6-7-25(18)30-27-4)19(2)24-15-23(17-29-20(24)3)22-8-9-28-26(16-22)32-12-10-31(5)11-13-32;1-2/h6-9,14-17H,2,10-13H2,1,3-5H3;1-2H3. The average molecular weight is 457 g/mol. The molecule has 0 atom stereocenters. The monoisotopic (exact) mass is 456 g/mol. The average Bonchev–Trinajstić information content (AvgIpc) is 2.87. The molecule has 6 heteroatoms. The third kappa shape index (κ3) is 5.75. The van der Waals surface area contributed by atoms with Gasteiger partial charge in [0, 0.05) is 62.4 Å². The van der Waals surface area contributed by atoms with Gasteiger partial charge in [-0.15, -0.1) is 0 Å². The molecule has 6 nitrogen and oxygen atoms in total. The minimum absolute atomic E-state index is 0.876. The van der Waals surface area contributed by atoms with Crippen LogP contribution in [0.15, 0.2) is 65.6 Å². The summed E-state index contributed by atoms with van der Waals surface area (Å²) in [7, 11) is 3.84. The van der Waals surface area contributed by atoms with E-state index in [2.05, 4.69) is 61.8 Å². The van der Waals surface area contributed by atoms with Crippen molar-refractivity contribution in [2.75, 3.05) is 45.2 Å². The van der Waals surface area contributed by atoms with E-state index in [0.29, 0.717) is 0 Å². The van der Waals surface area contributed by atoms with E-state index in [1.165, 1.54) is 0 Å². The summed E-state index contributed by atoms with van der Waals surface area (Å²) in [4.78, 5) is 14.0. The lowest BCUT2D eigenvalue weighted by molar-refractivity contribution is 0.312. The van der Waals surface area contributed by atoms with Gasteiger partial charge in [-0.2, -0.15) is 10.2 Å². The lowest BCUT2D eigenvalue weighted by Gasteiger charge is -2.33. The molecule has 3 aromatic rings. The number of hydrogen-bond donors (Lipinski definition) is 0. The van der Waals surface area contributed by atoms with Crippen LogP contribution >= 0.6 is 0 Å². The molecule has 1 aliphatic heterocycles. The van der Waals surface area contributed by atoms with Crippen molar-refractivity contribution >= 4 is 17.1 Å². The van der Waals surface area contributed by atoms with Crippen LogP contribution in [0.5, 0.6) is 0 Å². The minimum atomic E-state index is 0.876. The molecule has 0 aliphatic carbocycles. The van der Waals surface area contributed by atoms with Crippen molar-refractivity contribution in [1.82, 2.24) is 14.9 Å². The maximum atomic E-state index is 4.69. The molecule has 1 aromatic carbocycles. The quantitative estimate of drug-likeness (QED) is 0.422. The fraction of sp³-hybridized carbons (Fsp3) is 0.357. The second-order valence-electron chi connectivity index (χ2n) is 8.33. The van der Waals surface area contributed by atoms with Gasteiger partial charge in [-0.05, 0) is 73.5 Å². The van der Waals surface area contributed by atoms with E-state index in [1.807, 2.05) is 58.3 Å². The number of azo groups is 1. The number of piperazine rings is 1. The molecule has 0 spiro atoms. The summed E-state index contributed by atoms with van der Waals surface area (Å²) < 4.78 is 0. The Hall–Kier alpha value is -3.38. The molecule has 0 saturated carbocycles. The van der Waals surface area contributed by atoms with Crippen LogP contribution in [0, 0.1) is 13.8 Å². The van der Waals surface area contributed by atoms with Crippen molar-refractivity contribution in [1.29, 1.82) is 0 Å². The Morgan fingerprint density at radius 1 is 0.941 bits per heavy atom. The summed E-state index contributed by atoms with van der Waals surface area (Å²) >= 11 is 0. The van der Waals surface area contributed by atoms with Crippen LogP contribution in [0.25, 0.3) is 16.7 Å². The normalized spacial score (nSPS) is 14.1. The number of likely N-dealkylation sites (N-methyl/N-ethyl adjacent to an activating group) is 1. The molecule has 2 aromatic heterocycles. The molecule has 4 rings (SSSR count). The van der Waals surface area contributed by atoms with Crippen molar-refractivity contribution in [3.05, 3.63) is 77.8 Å². The molecule has 0 radical (unpaired) electrons. The van der Waals surface area contributed by atoms with Gasteiger partial charge in [0.1, 0.15) is 5.82 Å². The highest BCUT2D eigenvalue weighted by Crippen LogP contribution is 2.31.